The lowest BCUT2D eigenvalue weighted by molar-refractivity contribution is 0.241. The van der Waals surface area contributed by atoms with Gasteiger partial charge in [0.1, 0.15) is 0 Å². The molecule has 3 unspecified atom stereocenters. The SMILES string of the molecule is CC1CCC(CNC2CC2)C(c2ccccc2Cl)C1. The van der Waals surface area contributed by atoms with Crippen molar-refractivity contribution >= 4 is 11.6 Å². The summed E-state index contributed by atoms with van der Waals surface area (Å²) in [5, 5.41) is 4.67. The van der Waals surface area contributed by atoms with Crippen molar-refractivity contribution in [3.05, 3.63) is 34.9 Å². The van der Waals surface area contributed by atoms with E-state index in [9.17, 15) is 0 Å². The summed E-state index contributed by atoms with van der Waals surface area (Å²) in [6, 6.07) is 9.25. The van der Waals surface area contributed by atoms with Crippen LogP contribution >= 0.6 is 11.6 Å². The molecule has 1 aromatic carbocycles. The Hall–Kier alpha value is -0.530. The Morgan fingerprint density at radius 1 is 1.16 bits per heavy atom. The van der Waals surface area contributed by atoms with E-state index in [1.807, 2.05) is 12.1 Å². The van der Waals surface area contributed by atoms with Crippen LogP contribution in [0.4, 0.5) is 0 Å². The lowest BCUT2D eigenvalue weighted by atomic mass is 9.71. The fraction of sp³-hybridized carbons (Fsp3) is 0.647. The molecule has 0 amide bonds. The molecule has 3 rings (SSSR count). The molecule has 2 saturated carbocycles. The quantitative estimate of drug-likeness (QED) is 0.847. The molecule has 2 aliphatic rings. The largest absolute Gasteiger partial charge is 0.314 e. The van der Waals surface area contributed by atoms with Gasteiger partial charge in [0.05, 0.1) is 0 Å². The van der Waals surface area contributed by atoms with E-state index in [2.05, 4.69) is 24.4 Å². The lowest BCUT2D eigenvalue weighted by Gasteiger charge is -2.36. The van der Waals surface area contributed by atoms with E-state index >= 15 is 0 Å². The number of halogens is 1. The normalized spacial score (nSPS) is 31.4. The van der Waals surface area contributed by atoms with E-state index in [1.165, 1.54) is 44.2 Å². The fourth-order valence-electron chi connectivity index (χ4n) is 3.45. The maximum Gasteiger partial charge on any atom is 0.0440 e. The van der Waals surface area contributed by atoms with E-state index in [0.717, 1.165) is 22.9 Å². The van der Waals surface area contributed by atoms with Gasteiger partial charge < -0.3 is 5.32 Å². The van der Waals surface area contributed by atoms with Crippen molar-refractivity contribution in [1.82, 2.24) is 5.32 Å². The number of nitrogens with one attached hydrogen (secondary N) is 1. The molecule has 2 aliphatic carbocycles. The van der Waals surface area contributed by atoms with E-state index < -0.39 is 0 Å². The average Bonchev–Trinajstić information content (AvgIpc) is 3.22. The maximum atomic E-state index is 6.43. The Balaban J connectivity index is 1.74. The molecule has 0 aromatic heterocycles. The third kappa shape index (κ3) is 3.32. The second-order valence-electron chi connectivity index (χ2n) is 6.49. The van der Waals surface area contributed by atoms with E-state index in [0.29, 0.717) is 5.92 Å². The van der Waals surface area contributed by atoms with Crippen molar-refractivity contribution in [3.63, 3.8) is 0 Å². The minimum absolute atomic E-state index is 0.642. The molecule has 19 heavy (non-hydrogen) atoms. The molecule has 0 aliphatic heterocycles. The molecule has 2 fully saturated rings. The van der Waals surface area contributed by atoms with Gasteiger partial charge in [0.25, 0.3) is 0 Å². The summed E-state index contributed by atoms with van der Waals surface area (Å²) in [4.78, 5) is 0. The molecule has 1 N–H and O–H groups in total. The summed E-state index contributed by atoms with van der Waals surface area (Å²) in [7, 11) is 0. The zero-order valence-corrected chi connectivity index (χ0v) is 12.5. The summed E-state index contributed by atoms with van der Waals surface area (Å²) >= 11 is 6.43. The van der Waals surface area contributed by atoms with Crippen LogP contribution in [-0.2, 0) is 0 Å². The fourth-order valence-corrected chi connectivity index (χ4v) is 3.73. The third-order valence-electron chi connectivity index (χ3n) is 4.81. The van der Waals surface area contributed by atoms with Crippen LogP contribution in [0.1, 0.15) is 50.5 Å². The molecule has 0 heterocycles. The Morgan fingerprint density at radius 3 is 2.68 bits per heavy atom. The summed E-state index contributed by atoms with van der Waals surface area (Å²) in [6.07, 6.45) is 6.76. The molecule has 0 saturated heterocycles. The van der Waals surface area contributed by atoms with Gasteiger partial charge in [-0.3, -0.25) is 0 Å². The second kappa shape index (κ2) is 5.85. The second-order valence-corrected chi connectivity index (χ2v) is 6.90. The molecule has 3 atom stereocenters. The highest BCUT2D eigenvalue weighted by molar-refractivity contribution is 6.31. The monoisotopic (exact) mass is 277 g/mol. The van der Waals surface area contributed by atoms with Crippen LogP contribution in [0, 0.1) is 11.8 Å². The van der Waals surface area contributed by atoms with Crippen LogP contribution in [0.5, 0.6) is 0 Å². The Labute approximate surface area is 121 Å². The minimum atomic E-state index is 0.642. The zero-order valence-electron chi connectivity index (χ0n) is 11.7. The van der Waals surface area contributed by atoms with Gasteiger partial charge in [0.2, 0.25) is 0 Å². The highest BCUT2D eigenvalue weighted by Gasteiger charge is 2.32. The number of hydrogen-bond acceptors (Lipinski definition) is 1. The van der Waals surface area contributed by atoms with Crippen molar-refractivity contribution in [2.24, 2.45) is 11.8 Å². The third-order valence-corrected chi connectivity index (χ3v) is 5.15. The standard InChI is InChI=1S/C17H24ClN/c1-12-6-7-13(11-19-14-8-9-14)16(10-12)15-4-2-3-5-17(15)18/h2-5,12-14,16,19H,6-11H2,1H3. The van der Waals surface area contributed by atoms with Crippen molar-refractivity contribution < 1.29 is 0 Å². The molecule has 1 aromatic rings. The molecule has 0 radical (unpaired) electrons. The Morgan fingerprint density at radius 2 is 1.95 bits per heavy atom. The zero-order chi connectivity index (χ0) is 13.2. The molecule has 1 nitrogen and oxygen atoms in total. The topological polar surface area (TPSA) is 12.0 Å². The van der Waals surface area contributed by atoms with Crippen LogP contribution in [0.3, 0.4) is 0 Å². The lowest BCUT2D eigenvalue weighted by Crippen LogP contribution is -2.32. The Bertz CT molecular complexity index is 427. The minimum Gasteiger partial charge on any atom is -0.314 e. The maximum absolute atomic E-state index is 6.43. The smallest absolute Gasteiger partial charge is 0.0440 e. The number of hydrogen-bond donors (Lipinski definition) is 1. The highest BCUT2D eigenvalue weighted by Crippen LogP contribution is 2.42. The van der Waals surface area contributed by atoms with Crippen molar-refractivity contribution in [2.45, 2.75) is 51.0 Å². The van der Waals surface area contributed by atoms with Crippen molar-refractivity contribution in [1.29, 1.82) is 0 Å². The van der Waals surface area contributed by atoms with Gasteiger partial charge in [0, 0.05) is 11.1 Å². The van der Waals surface area contributed by atoms with Gasteiger partial charge in [-0.05, 0) is 61.6 Å². The predicted molar refractivity (Wildman–Crippen MR) is 81.7 cm³/mol. The first kappa shape index (κ1) is 13.5. The van der Waals surface area contributed by atoms with E-state index in [1.54, 1.807) is 0 Å². The van der Waals surface area contributed by atoms with Gasteiger partial charge in [-0.25, -0.2) is 0 Å². The molecule has 104 valence electrons. The van der Waals surface area contributed by atoms with Crippen molar-refractivity contribution in [2.75, 3.05) is 6.54 Å². The van der Waals surface area contributed by atoms with Gasteiger partial charge in [0.15, 0.2) is 0 Å². The molecule has 0 bridgehead atoms. The van der Waals surface area contributed by atoms with Gasteiger partial charge >= 0.3 is 0 Å². The van der Waals surface area contributed by atoms with Crippen LogP contribution in [0.2, 0.25) is 5.02 Å². The predicted octanol–water partition coefficient (Wildman–Crippen LogP) is 4.61. The molecule has 2 heteroatoms. The van der Waals surface area contributed by atoms with Gasteiger partial charge in [-0.15, -0.1) is 0 Å². The highest BCUT2D eigenvalue weighted by atomic mass is 35.5. The van der Waals surface area contributed by atoms with Crippen LogP contribution < -0.4 is 5.32 Å². The van der Waals surface area contributed by atoms with Gasteiger partial charge in [-0.2, -0.15) is 0 Å². The first-order chi connectivity index (χ1) is 9.24. The first-order valence-corrected chi connectivity index (χ1v) is 8.09. The van der Waals surface area contributed by atoms with E-state index in [4.69, 9.17) is 11.6 Å². The first-order valence-electron chi connectivity index (χ1n) is 7.72. The summed E-state index contributed by atoms with van der Waals surface area (Å²) in [5.74, 6) is 2.24. The van der Waals surface area contributed by atoms with Crippen LogP contribution in [-0.4, -0.2) is 12.6 Å². The Kier molecular flexibility index (Phi) is 4.14. The molecular formula is C17H24ClN. The average molecular weight is 278 g/mol. The summed E-state index contributed by atoms with van der Waals surface area (Å²) in [6.45, 7) is 3.56. The van der Waals surface area contributed by atoms with Crippen molar-refractivity contribution in [3.8, 4) is 0 Å². The van der Waals surface area contributed by atoms with Crippen LogP contribution in [0.15, 0.2) is 24.3 Å². The molecular weight excluding hydrogens is 254 g/mol. The summed E-state index contributed by atoms with van der Waals surface area (Å²) < 4.78 is 0. The van der Waals surface area contributed by atoms with Crippen LogP contribution in [0.25, 0.3) is 0 Å². The number of benzene rings is 1. The number of rotatable bonds is 4. The summed E-state index contributed by atoms with van der Waals surface area (Å²) in [5.41, 5.74) is 1.37. The van der Waals surface area contributed by atoms with Gasteiger partial charge in [-0.1, -0.05) is 43.1 Å². The molecule has 0 spiro atoms. The van der Waals surface area contributed by atoms with E-state index in [-0.39, 0.29) is 0 Å².